The highest BCUT2D eigenvalue weighted by Gasteiger charge is 2.25. The zero-order valence-corrected chi connectivity index (χ0v) is 13.7. The van der Waals surface area contributed by atoms with Crippen LogP contribution >= 0.6 is 0 Å². The lowest BCUT2D eigenvalue weighted by atomic mass is 9.84. The average molecular weight is 292 g/mol. The first-order valence-corrected chi connectivity index (χ1v) is 7.85. The maximum atomic E-state index is 6.20. The normalized spacial score (nSPS) is 21.9. The lowest BCUT2D eigenvalue weighted by Crippen LogP contribution is -2.35. The number of benzene rings is 1. The van der Waals surface area contributed by atoms with E-state index in [1.54, 1.807) is 14.2 Å². The van der Waals surface area contributed by atoms with E-state index in [0.29, 0.717) is 11.8 Å². The lowest BCUT2D eigenvalue weighted by Gasteiger charge is -2.36. The summed E-state index contributed by atoms with van der Waals surface area (Å²) < 4.78 is 10.7. The van der Waals surface area contributed by atoms with Gasteiger partial charge in [0.25, 0.3) is 0 Å². The molecule has 4 nitrogen and oxygen atoms in total. The molecular formula is C17H28N2O2. The molecule has 1 aliphatic carbocycles. The van der Waals surface area contributed by atoms with Crippen LogP contribution in [0.3, 0.4) is 0 Å². The van der Waals surface area contributed by atoms with Crippen molar-refractivity contribution in [1.29, 1.82) is 0 Å². The minimum Gasteiger partial charge on any atom is -0.493 e. The molecule has 0 amide bonds. The van der Waals surface area contributed by atoms with Crippen molar-refractivity contribution < 1.29 is 9.47 Å². The monoisotopic (exact) mass is 292 g/mol. The van der Waals surface area contributed by atoms with Gasteiger partial charge in [0.05, 0.1) is 25.6 Å². The van der Waals surface area contributed by atoms with Crippen LogP contribution in [0.15, 0.2) is 12.1 Å². The molecule has 0 atom stereocenters. The number of hydrogen-bond donors (Lipinski definition) is 1. The van der Waals surface area contributed by atoms with Crippen molar-refractivity contribution in [3.63, 3.8) is 0 Å². The quantitative estimate of drug-likeness (QED) is 0.841. The number of nitrogens with two attached hydrogens (primary N) is 1. The molecular weight excluding hydrogens is 264 g/mol. The summed E-state index contributed by atoms with van der Waals surface area (Å²) in [7, 11) is 5.42. The molecule has 1 aromatic rings. The number of nitrogens with zero attached hydrogens (tertiary/aromatic N) is 1. The van der Waals surface area contributed by atoms with E-state index in [9.17, 15) is 0 Å². The zero-order chi connectivity index (χ0) is 15.4. The molecule has 2 rings (SSSR count). The predicted octanol–water partition coefficient (Wildman–Crippen LogP) is 3.69. The predicted molar refractivity (Wildman–Crippen MR) is 88.4 cm³/mol. The van der Waals surface area contributed by atoms with Crippen LogP contribution in [0.4, 0.5) is 11.4 Å². The molecule has 21 heavy (non-hydrogen) atoms. The van der Waals surface area contributed by atoms with Gasteiger partial charge in [-0.25, -0.2) is 0 Å². The Balaban J connectivity index is 2.17. The minimum atomic E-state index is 0.563. The van der Waals surface area contributed by atoms with Gasteiger partial charge in [-0.3, -0.25) is 0 Å². The van der Waals surface area contributed by atoms with E-state index in [-0.39, 0.29) is 0 Å². The summed E-state index contributed by atoms with van der Waals surface area (Å²) >= 11 is 0. The molecule has 4 heteroatoms. The van der Waals surface area contributed by atoms with Crippen LogP contribution in [0.1, 0.15) is 39.0 Å². The summed E-state index contributed by atoms with van der Waals surface area (Å²) in [5.41, 5.74) is 7.98. The molecule has 0 radical (unpaired) electrons. The third-order valence-electron chi connectivity index (χ3n) is 4.85. The first-order valence-electron chi connectivity index (χ1n) is 7.85. The van der Waals surface area contributed by atoms with Crippen molar-refractivity contribution >= 4 is 11.4 Å². The van der Waals surface area contributed by atoms with E-state index < -0.39 is 0 Å². The van der Waals surface area contributed by atoms with E-state index in [1.807, 2.05) is 12.1 Å². The van der Waals surface area contributed by atoms with Crippen molar-refractivity contribution in [3.05, 3.63) is 12.1 Å². The molecule has 0 bridgehead atoms. The van der Waals surface area contributed by atoms with Gasteiger partial charge in [0.1, 0.15) is 0 Å². The minimum absolute atomic E-state index is 0.563. The third-order valence-corrected chi connectivity index (χ3v) is 4.85. The topological polar surface area (TPSA) is 47.7 Å². The van der Waals surface area contributed by atoms with E-state index >= 15 is 0 Å². The van der Waals surface area contributed by atoms with Gasteiger partial charge in [0.2, 0.25) is 0 Å². The van der Waals surface area contributed by atoms with Gasteiger partial charge in [0.15, 0.2) is 11.5 Å². The molecule has 0 aromatic heterocycles. The van der Waals surface area contributed by atoms with E-state index in [4.69, 9.17) is 15.2 Å². The number of methoxy groups -OCH3 is 2. The SMILES string of the molecule is CCC1CCC(N(C)c2cc(OC)c(OC)cc2N)CC1. The summed E-state index contributed by atoms with van der Waals surface area (Å²) in [5, 5.41) is 0. The Hall–Kier alpha value is -1.58. The molecule has 1 fully saturated rings. The maximum Gasteiger partial charge on any atom is 0.162 e. The first-order chi connectivity index (χ1) is 10.1. The van der Waals surface area contributed by atoms with Crippen LogP contribution in [0.25, 0.3) is 0 Å². The molecule has 0 unspecified atom stereocenters. The highest BCUT2D eigenvalue weighted by atomic mass is 16.5. The Bertz CT molecular complexity index is 468. The van der Waals surface area contributed by atoms with Crippen LogP contribution in [-0.2, 0) is 0 Å². The van der Waals surface area contributed by atoms with Gasteiger partial charge < -0.3 is 20.1 Å². The fourth-order valence-electron chi connectivity index (χ4n) is 3.33. The van der Waals surface area contributed by atoms with Crippen LogP contribution in [0.2, 0.25) is 0 Å². The highest BCUT2D eigenvalue weighted by Crippen LogP contribution is 2.39. The zero-order valence-electron chi connectivity index (χ0n) is 13.7. The molecule has 1 aliphatic rings. The molecule has 0 heterocycles. The van der Waals surface area contributed by atoms with Crippen molar-refractivity contribution in [2.24, 2.45) is 5.92 Å². The number of nitrogen functional groups attached to an aromatic ring is 1. The molecule has 2 N–H and O–H groups in total. The van der Waals surface area contributed by atoms with Gasteiger partial charge in [0, 0.05) is 25.2 Å². The Morgan fingerprint density at radius 2 is 1.67 bits per heavy atom. The van der Waals surface area contributed by atoms with Crippen LogP contribution in [0, 0.1) is 5.92 Å². The van der Waals surface area contributed by atoms with Crippen LogP contribution in [-0.4, -0.2) is 27.3 Å². The summed E-state index contributed by atoms with van der Waals surface area (Å²) in [6.07, 6.45) is 6.41. The van der Waals surface area contributed by atoms with E-state index in [2.05, 4.69) is 18.9 Å². The molecule has 1 aromatic carbocycles. The van der Waals surface area contributed by atoms with Gasteiger partial charge in [-0.05, 0) is 31.6 Å². The maximum absolute atomic E-state index is 6.20. The van der Waals surface area contributed by atoms with Crippen molar-refractivity contribution in [2.75, 3.05) is 31.9 Å². The van der Waals surface area contributed by atoms with Gasteiger partial charge in [-0.2, -0.15) is 0 Å². The van der Waals surface area contributed by atoms with Crippen molar-refractivity contribution in [3.8, 4) is 11.5 Å². The first kappa shape index (κ1) is 15.8. The number of anilines is 2. The largest absolute Gasteiger partial charge is 0.493 e. The fraction of sp³-hybridized carbons (Fsp3) is 0.647. The van der Waals surface area contributed by atoms with Gasteiger partial charge >= 0.3 is 0 Å². The van der Waals surface area contributed by atoms with Gasteiger partial charge in [-0.15, -0.1) is 0 Å². The second-order valence-electron chi connectivity index (χ2n) is 5.96. The van der Waals surface area contributed by atoms with Crippen molar-refractivity contribution in [1.82, 2.24) is 0 Å². The average Bonchev–Trinajstić information content (AvgIpc) is 2.54. The standard InChI is InChI=1S/C17H28N2O2/c1-5-12-6-8-13(9-7-12)19(2)15-11-17(21-4)16(20-3)10-14(15)18/h10-13H,5-9,18H2,1-4H3. The number of rotatable bonds is 5. The second-order valence-corrected chi connectivity index (χ2v) is 5.96. The fourth-order valence-corrected chi connectivity index (χ4v) is 3.33. The summed E-state index contributed by atoms with van der Waals surface area (Å²) in [5.74, 6) is 2.31. The highest BCUT2D eigenvalue weighted by molar-refractivity contribution is 5.73. The summed E-state index contributed by atoms with van der Waals surface area (Å²) in [4.78, 5) is 2.31. The third kappa shape index (κ3) is 3.36. The molecule has 1 saturated carbocycles. The molecule has 0 aliphatic heterocycles. The molecule has 0 saturated heterocycles. The summed E-state index contributed by atoms with van der Waals surface area (Å²) in [6, 6.07) is 4.40. The van der Waals surface area contributed by atoms with Crippen molar-refractivity contribution in [2.45, 2.75) is 45.1 Å². The summed E-state index contributed by atoms with van der Waals surface area (Å²) in [6.45, 7) is 2.29. The Labute approximate surface area is 128 Å². The van der Waals surface area contributed by atoms with Gasteiger partial charge in [-0.1, -0.05) is 13.3 Å². The molecule has 118 valence electrons. The lowest BCUT2D eigenvalue weighted by molar-refractivity contribution is 0.313. The Morgan fingerprint density at radius 1 is 1.10 bits per heavy atom. The molecule has 0 spiro atoms. The van der Waals surface area contributed by atoms with E-state index in [0.717, 1.165) is 23.0 Å². The van der Waals surface area contributed by atoms with Crippen LogP contribution < -0.4 is 20.1 Å². The Morgan fingerprint density at radius 3 is 2.19 bits per heavy atom. The number of ether oxygens (including phenoxy) is 2. The second kappa shape index (κ2) is 6.92. The Kier molecular flexibility index (Phi) is 5.21. The van der Waals surface area contributed by atoms with E-state index in [1.165, 1.54) is 32.1 Å². The number of hydrogen-bond acceptors (Lipinski definition) is 4. The smallest absolute Gasteiger partial charge is 0.162 e. The van der Waals surface area contributed by atoms with Crippen LogP contribution in [0.5, 0.6) is 11.5 Å².